The number of Topliss-reactive ketones (excluding diaryl/α,β-unsaturated/α-hetero) is 1. The van der Waals surface area contributed by atoms with E-state index in [0.717, 1.165) is 18.6 Å². The summed E-state index contributed by atoms with van der Waals surface area (Å²) in [5, 5.41) is 11.9. The summed E-state index contributed by atoms with van der Waals surface area (Å²) in [6.45, 7) is 6.40. The zero-order valence-electron chi connectivity index (χ0n) is 18.1. The van der Waals surface area contributed by atoms with Gasteiger partial charge >= 0.3 is 0 Å². The molecule has 2 aromatic carbocycles. The molecule has 2 heterocycles. The topological polar surface area (TPSA) is 76.6 Å². The number of aromatic nitrogens is 1. The number of aliphatic hydroxyl groups is 1. The predicted molar refractivity (Wildman–Crippen MR) is 121 cm³/mol. The van der Waals surface area contributed by atoms with Gasteiger partial charge in [0.2, 0.25) is 0 Å². The van der Waals surface area contributed by atoms with E-state index in [1.807, 2.05) is 38.1 Å². The normalized spacial score (nSPS) is 18.2. The van der Waals surface area contributed by atoms with Crippen molar-refractivity contribution in [2.45, 2.75) is 19.9 Å². The van der Waals surface area contributed by atoms with Crippen molar-refractivity contribution in [1.29, 1.82) is 0 Å². The molecule has 32 heavy (non-hydrogen) atoms. The molecule has 7 heteroatoms. The highest BCUT2D eigenvalue weighted by atomic mass is 19.1. The summed E-state index contributed by atoms with van der Waals surface area (Å²) < 4.78 is 14.9. The van der Waals surface area contributed by atoms with Gasteiger partial charge in [0.05, 0.1) is 11.6 Å². The van der Waals surface area contributed by atoms with Gasteiger partial charge in [-0.05, 0) is 25.2 Å². The molecule has 1 aromatic heterocycles. The van der Waals surface area contributed by atoms with E-state index in [1.165, 1.54) is 11.0 Å². The molecule has 1 unspecified atom stereocenters. The molecule has 1 aliphatic rings. The van der Waals surface area contributed by atoms with Crippen LogP contribution >= 0.6 is 0 Å². The van der Waals surface area contributed by atoms with Gasteiger partial charge in [-0.25, -0.2) is 4.39 Å². The average molecular weight is 435 g/mol. The van der Waals surface area contributed by atoms with Gasteiger partial charge in [-0.2, -0.15) is 0 Å². The highest BCUT2D eigenvalue weighted by molar-refractivity contribution is 6.46. The van der Waals surface area contributed by atoms with E-state index < -0.39 is 23.5 Å². The molecule has 1 fully saturated rings. The lowest BCUT2D eigenvalue weighted by Gasteiger charge is -2.28. The fourth-order valence-electron chi connectivity index (χ4n) is 4.33. The molecule has 1 aliphatic heterocycles. The maximum atomic E-state index is 14.9. The number of carbonyl (C=O) groups is 2. The van der Waals surface area contributed by atoms with Gasteiger partial charge in [0, 0.05) is 41.3 Å². The summed E-state index contributed by atoms with van der Waals surface area (Å²) in [6, 6.07) is 12.4. The first kappa shape index (κ1) is 21.8. The highest BCUT2D eigenvalue weighted by Gasteiger charge is 2.47. The number of nitrogens with zero attached hydrogens (tertiary/aromatic N) is 2. The molecule has 0 bridgehead atoms. The molecule has 1 saturated heterocycles. The van der Waals surface area contributed by atoms with E-state index in [4.69, 9.17) is 0 Å². The second kappa shape index (κ2) is 8.96. The van der Waals surface area contributed by atoms with E-state index >= 15 is 0 Å². The van der Waals surface area contributed by atoms with Gasteiger partial charge in [-0.15, -0.1) is 0 Å². The second-order valence-corrected chi connectivity index (χ2v) is 7.79. The van der Waals surface area contributed by atoms with E-state index in [-0.39, 0.29) is 23.4 Å². The number of amides is 1. The quantitative estimate of drug-likeness (QED) is 0.333. The Morgan fingerprint density at radius 3 is 2.50 bits per heavy atom. The van der Waals surface area contributed by atoms with E-state index in [0.29, 0.717) is 17.5 Å². The van der Waals surface area contributed by atoms with Crippen molar-refractivity contribution in [2.24, 2.45) is 0 Å². The fourth-order valence-corrected chi connectivity index (χ4v) is 4.33. The van der Waals surface area contributed by atoms with Crippen molar-refractivity contribution >= 4 is 28.4 Å². The smallest absolute Gasteiger partial charge is 0.295 e. The first-order valence-electron chi connectivity index (χ1n) is 10.8. The largest absolute Gasteiger partial charge is 0.507 e. The number of aromatic amines is 1. The molecule has 4 rings (SSSR count). The molecule has 0 spiro atoms. The van der Waals surface area contributed by atoms with E-state index in [2.05, 4.69) is 9.88 Å². The van der Waals surface area contributed by atoms with E-state index in [9.17, 15) is 19.1 Å². The van der Waals surface area contributed by atoms with Gasteiger partial charge in [-0.1, -0.05) is 50.2 Å². The second-order valence-electron chi connectivity index (χ2n) is 7.79. The van der Waals surface area contributed by atoms with Gasteiger partial charge in [-0.3, -0.25) is 9.59 Å². The molecule has 166 valence electrons. The summed E-state index contributed by atoms with van der Waals surface area (Å²) >= 11 is 0. The number of hydrogen-bond donors (Lipinski definition) is 2. The maximum Gasteiger partial charge on any atom is 0.295 e. The van der Waals surface area contributed by atoms with Crippen LogP contribution in [0.15, 0.2) is 60.3 Å². The number of halogens is 1. The number of benzene rings is 2. The Balaban J connectivity index is 1.86. The molecular weight excluding hydrogens is 409 g/mol. The Bertz CT molecular complexity index is 1200. The van der Waals surface area contributed by atoms with Crippen molar-refractivity contribution in [3.05, 3.63) is 77.2 Å². The Kier molecular flexibility index (Phi) is 6.10. The maximum absolute atomic E-state index is 14.9. The molecule has 1 amide bonds. The lowest BCUT2D eigenvalue weighted by atomic mass is 9.95. The number of nitrogens with one attached hydrogen (secondary N) is 1. The fraction of sp³-hybridized carbons (Fsp3) is 0.280. The molecule has 1 atom stereocenters. The minimum absolute atomic E-state index is 0.0931. The van der Waals surface area contributed by atoms with Crippen LogP contribution < -0.4 is 0 Å². The average Bonchev–Trinajstić information content (AvgIpc) is 3.34. The summed E-state index contributed by atoms with van der Waals surface area (Å²) in [5.74, 6) is -2.37. The minimum Gasteiger partial charge on any atom is -0.507 e. The van der Waals surface area contributed by atoms with Crippen LogP contribution in [0.2, 0.25) is 0 Å². The first-order chi connectivity index (χ1) is 15.5. The lowest BCUT2D eigenvalue weighted by molar-refractivity contribution is -0.140. The van der Waals surface area contributed by atoms with Crippen LogP contribution in [0.1, 0.15) is 31.0 Å². The van der Waals surface area contributed by atoms with Crippen molar-refractivity contribution in [2.75, 3.05) is 26.2 Å². The first-order valence-corrected chi connectivity index (χ1v) is 10.8. The predicted octanol–water partition coefficient (Wildman–Crippen LogP) is 4.07. The van der Waals surface area contributed by atoms with Gasteiger partial charge in [0.1, 0.15) is 11.6 Å². The summed E-state index contributed by atoms with van der Waals surface area (Å²) in [6.07, 6.45) is 1.60. The van der Waals surface area contributed by atoms with Crippen LogP contribution in [-0.2, 0) is 9.59 Å². The summed E-state index contributed by atoms with van der Waals surface area (Å²) in [7, 11) is 0. The van der Waals surface area contributed by atoms with Crippen molar-refractivity contribution in [1.82, 2.24) is 14.8 Å². The van der Waals surface area contributed by atoms with Crippen LogP contribution in [0.25, 0.3) is 16.7 Å². The molecular formula is C25H26FN3O3. The Hall–Kier alpha value is -3.45. The van der Waals surface area contributed by atoms with Gasteiger partial charge in [0.15, 0.2) is 0 Å². The summed E-state index contributed by atoms with van der Waals surface area (Å²) in [5.41, 5.74) is 1.29. The van der Waals surface area contributed by atoms with Crippen LogP contribution in [-0.4, -0.2) is 57.8 Å². The van der Waals surface area contributed by atoms with Crippen molar-refractivity contribution < 1.29 is 19.1 Å². The zero-order chi connectivity index (χ0) is 22.8. The van der Waals surface area contributed by atoms with E-state index in [1.54, 1.807) is 24.4 Å². The monoisotopic (exact) mass is 435 g/mol. The Morgan fingerprint density at radius 2 is 1.78 bits per heavy atom. The highest BCUT2D eigenvalue weighted by Crippen LogP contribution is 2.41. The van der Waals surface area contributed by atoms with Crippen molar-refractivity contribution in [3.63, 3.8) is 0 Å². The number of fused-ring (bicyclic) bond motifs is 1. The number of carbonyl (C=O) groups excluding carboxylic acids is 2. The number of aliphatic hydroxyl groups excluding tert-OH is 1. The number of rotatable bonds is 7. The third-order valence-corrected chi connectivity index (χ3v) is 6.14. The molecule has 0 saturated carbocycles. The van der Waals surface area contributed by atoms with Crippen LogP contribution in [0.4, 0.5) is 4.39 Å². The van der Waals surface area contributed by atoms with Gasteiger partial charge in [0.25, 0.3) is 11.7 Å². The van der Waals surface area contributed by atoms with Crippen LogP contribution in [0, 0.1) is 5.82 Å². The number of likely N-dealkylation sites (N-methyl/N-ethyl adjacent to an activating group) is 1. The van der Waals surface area contributed by atoms with Crippen LogP contribution in [0.3, 0.4) is 0 Å². The molecule has 0 aliphatic carbocycles. The number of ketones is 1. The number of H-pyrrole nitrogens is 1. The Morgan fingerprint density at radius 1 is 1.09 bits per heavy atom. The number of para-hydroxylation sites is 1. The molecule has 0 radical (unpaired) electrons. The standard InChI is InChI=1S/C25H26FN3O3/c1-3-28(4-2)13-14-29-22(17-10-5-7-11-19(17)26)21(24(31)25(29)32)23(30)18-15-27-20-12-8-6-9-16(18)20/h5-12,15,22,27,30H,3-4,13-14H2,1-2H3/b23-21+. The number of likely N-dealkylation sites (tertiary alicyclic amines) is 1. The third kappa shape index (κ3) is 3.69. The number of hydrogen-bond acceptors (Lipinski definition) is 4. The molecule has 6 nitrogen and oxygen atoms in total. The van der Waals surface area contributed by atoms with Crippen molar-refractivity contribution in [3.8, 4) is 0 Å². The minimum atomic E-state index is -1.000. The summed E-state index contributed by atoms with van der Waals surface area (Å²) in [4.78, 5) is 32.7. The Labute approximate surface area is 186 Å². The third-order valence-electron chi connectivity index (χ3n) is 6.14. The zero-order valence-corrected chi connectivity index (χ0v) is 18.1. The SMILES string of the molecule is CCN(CC)CCN1C(=O)C(=O)/C(=C(/O)c2c[nH]c3ccccc23)C1c1ccccc1F. The van der Waals surface area contributed by atoms with Gasteiger partial charge < -0.3 is 19.9 Å². The lowest BCUT2D eigenvalue weighted by Crippen LogP contribution is -2.38. The molecule has 2 N–H and O–H groups in total. The molecule has 3 aromatic rings. The van der Waals surface area contributed by atoms with Crippen LogP contribution in [0.5, 0.6) is 0 Å².